The number of carbonyl (C=O) groups is 1. The van der Waals surface area contributed by atoms with Gasteiger partial charge < -0.3 is 10.1 Å². The molecular weight excluding hydrogens is 235 g/mol. The lowest BCUT2D eigenvalue weighted by Gasteiger charge is -2.08. The summed E-state index contributed by atoms with van der Waals surface area (Å²) in [7, 11) is 1.27. The smallest absolute Gasteiger partial charge is 0.401 e. The Hall–Kier alpha value is -1.56. The molecule has 0 aliphatic carbocycles. The van der Waals surface area contributed by atoms with E-state index in [1.165, 1.54) is 19.2 Å². The quantitative estimate of drug-likeness (QED) is 0.828. The molecule has 0 fully saturated rings. The second kappa shape index (κ2) is 5.67. The molecule has 1 N–H and O–H groups in total. The third-order valence-corrected chi connectivity index (χ3v) is 2.03. The Morgan fingerprint density at radius 1 is 1.29 bits per heavy atom. The fourth-order valence-electron chi connectivity index (χ4n) is 1.23. The first-order valence-electron chi connectivity index (χ1n) is 4.87. The average Bonchev–Trinajstić information content (AvgIpc) is 2.27. The van der Waals surface area contributed by atoms with Gasteiger partial charge in [-0.15, -0.1) is 0 Å². The van der Waals surface area contributed by atoms with Crippen molar-refractivity contribution < 1.29 is 22.7 Å². The highest BCUT2D eigenvalue weighted by Gasteiger charge is 2.25. The molecule has 17 heavy (non-hydrogen) atoms. The molecule has 0 spiro atoms. The van der Waals surface area contributed by atoms with Gasteiger partial charge in [0.15, 0.2) is 0 Å². The van der Waals surface area contributed by atoms with E-state index >= 15 is 0 Å². The van der Waals surface area contributed by atoms with Gasteiger partial charge in [0.1, 0.15) is 0 Å². The van der Waals surface area contributed by atoms with Gasteiger partial charge in [-0.2, -0.15) is 13.2 Å². The van der Waals surface area contributed by atoms with Crippen LogP contribution in [0.4, 0.5) is 13.2 Å². The van der Waals surface area contributed by atoms with E-state index in [0.29, 0.717) is 11.1 Å². The van der Waals surface area contributed by atoms with Gasteiger partial charge in [-0.3, -0.25) is 0 Å². The Balaban J connectivity index is 2.49. The maximum atomic E-state index is 11.9. The van der Waals surface area contributed by atoms with Crippen molar-refractivity contribution in [2.75, 3.05) is 13.7 Å². The number of nitrogens with one attached hydrogen (secondary N) is 1. The van der Waals surface area contributed by atoms with E-state index in [0.717, 1.165) is 0 Å². The molecular formula is C11H12F3NO2. The zero-order valence-corrected chi connectivity index (χ0v) is 9.17. The monoisotopic (exact) mass is 247 g/mol. The summed E-state index contributed by atoms with van der Waals surface area (Å²) in [6.45, 7) is -0.938. The highest BCUT2D eigenvalue weighted by Crippen LogP contribution is 2.13. The molecule has 1 rings (SSSR count). The van der Waals surface area contributed by atoms with Crippen molar-refractivity contribution >= 4 is 5.97 Å². The van der Waals surface area contributed by atoms with Gasteiger partial charge in [0.25, 0.3) is 0 Å². The third kappa shape index (κ3) is 4.86. The van der Waals surface area contributed by atoms with Gasteiger partial charge in [0.05, 0.1) is 19.2 Å². The van der Waals surface area contributed by atoms with Crippen LogP contribution in [0.25, 0.3) is 0 Å². The molecule has 94 valence electrons. The van der Waals surface area contributed by atoms with Gasteiger partial charge >= 0.3 is 12.1 Å². The summed E-state index contributed by atoms with van der Waals surface area (Å²) in [6.07, 6.45) is -4.22. The van der Waals surface area contributed by atoms with Crippen LogP contribution < -0.4 is 5.32 Å². The minimum Gasteiger partial charge on any atom is -0.465 e. The van der Waals surface area contributed by atoms with E-state index in [9.17, 15) is 18.0 Å². The molecule has 0 aliphatic heterocycles. The minimum atomic E-state index is -4.22. The van der Waals surface area contributed by atoms with E-state index in [-0.39, 0.29) is 6.54 Å². The highest BCUT2D eigenvalue weighted by molar-refractivity contribution is 5.89. The number of methoxy groups -OCH3 is 1. The van der Waals surface area contributed by atoms with E-state index in [2.05, 4.69) is 10.1 Å². The first-order valence-corrected chi connectivity index (χ1v) is 4.87. The van der Waals surface area contributed by atoms with Crippen molar-refractivity contribution in [3.05, 3.63) is 35.4 Å². The molecule has 6 heteroatoms. The number of benzene rings is 1. The standard InChI is InChI=1S/C11H12F3NO2/c1-17-10(16)9-4-2-8(3-5-9)6-15-7-11(12,13)14/h2-5,15H,6-7H2,1H3. The molecule has 0 atom stereocenters. The molecule has 0 aromatic heterocycles. The summed E-state index contributed by atoms with van der Waals surface area (Å²) in [5.41, 5.74) is 1.04. The van der Waals surface area contributed by atoms with Crippen molar-refractivity contribution in [1.29, 1.82) is 0 Å². The second-order valence-corrected chi connectivity index (χ2v) is 3.41. The van der Waals surface area contributed by atoms with Gasteiger partial charge in [-0.1, -0.05) is 12.1 Å². The Kier molecular flexibility index (Phi) is 4.51. The largest absolute Gasteiger partial charge is 0.465 e. The summed E-state index contributed by atoms with van der Waals surface area (Å²) in [5.74, 6) is -0.472. The number of halogens is 3. The molecule has 1 aromatic rings. The van der Waals surface area contributed by atoms with Gasteiger partial charge in [-0.05, 0) is 17.7 Å². The molecule has 1 aromatic carbocycles. The summed E-state index contributed by atoms with van der Waals surface area (Å²) in [6, 6.07) is 6.18. The SMILES string of the molecule is COC(=O)c1ccc(CNCC(F)(F)F)cc1. The van der Waals surface area contributed by atoms with Crippen LogP contribution in [-0.2, 0) is 11.3 Å². The molecule has 0 aliphatic rings. The molecule has 0 bridgehead atoms. The molecule has 0 saturated carbocycles. The first-order chi connectivity index (χ1) is 7.92. The molecule has 0 amide bonds. The zero-order chi connectivity index (χ0) is 12.9. The van der Waals surface area contributed by atoms with E-state index in [1.54, 1.807) is 12.1 Å². The molecule has 0 heterocycles. The van der Waals surface area contributed by atoms with Crippen LogP contribution in [0.15, 0.2) is 24.3 Å². The summed E-state index contributed by atoms with van der Waals surface area (Å²) in [5, 5.41) is 2.26. The summed E-state index contributed by atoms with van der Waals surface area (Å²) in [4.78, 5) is 11.1. The summed E-state index contributed by atoms with van der Waals surface area (Å²) >= 11 is 0. The Labute approximate surface area is 96.6 Å². The van der Waals surface area contributed by atoms with Gasteiger partial charge in [-0.25, -0.2) is 4.79 Å². The van der Waals surface area contributed by atoms with Crippen molar-refractivity contribution in [1.82, 2.24) is 5.32 Å². The van der Waals surface area contributed by atoms with Crippen LogP contribution in [0.1, 0.15) is 15.9 Å². The van der Waals surface area contributed by atoms with Crippen molar-refractivity contribution in [2.24, 2.45) is 0 Å². The van der Waals surface area contributed by atoms with E-state index in [4.69, 9.17) is 0 Å². The molecule has 0 saturated heterocycles. The maximum absolute atomic E-state index is 11.9. The van der Waals surface area contributed by atoms with Crippen LogP contribution in [0.2, 0.25) is 0 Å². The maximum Gasteiger partial charge on any atom is 0.401 e. The van der Waals surface area contributed by atoms with Gasteiger partial charge in [0, 0.05) is 6.54 Å². The molecule has 0 unspecified atom stereocenters. The van der Waals surface area contributed by atoms with Crippen molar-refractivity contribution in [3.8, 4) is 0 Å². The summed E-state index contributed by atoms with van der Waals surface area (Å²) < 4.78 is 40.0. The third-order valence-electron chi connectivity index (χ3n) is 2.03. The lowest BCUT2D eigenvalue weighted by Crippen LogP contribution is -2.28. The van der Waals surface area contributed by atoms with Crippen LogP contribution in [0.3, 0.4) is 0 Å². The minimum absolute atomic E-state index is 0.0982. The number of hydrogen-bond donors (Lipinski definition) is 1. The lowest BCUT2D eigenvalue weighted by atomic mass is 10.1. The number of esters is 1. The van der Waals surface area contributed by atoms with Gasteiger partial charge in [0.2, 0.25) is 0 Å². The predicted molar refractivity (Wildman–Crippen MR) is 55.5 cm³/mol. The van der Waals surface area contributed by atoms with Crippen LogP contribution in [0.5, 0.6) is 0 Å². The molecule has 3 nitrogen and oxygen atoms in total. The number of carbonyl (C=O) groups excluding carboxylic acids is 1. The van der Waals surface area contributed by atoms with Crippen LogP contribution in [-0.4, -0.2) is 25.8 Å². The first kappa shape index (κ1) is 13.5. The van der Waals surface area contributed by atoms with Crippen LogP contribution >= 0.6 is 0 Å². The second-order valence-electron chi connectivity index (χ2n) is 3.41. The average molecular weight is 247 g/mol. The lowest BCUT2D eigenvalue weighted by molar-refractivity contribution is -0.125. The number of rotatable bonds is 4. The van der Waals surface area contributed by atoms with E-state index in [1.807, 2.05) is 0 Å². The number of alkyl halides is 3. The fourth-order valence-corrected chi connectivity index (χ4v) is 1.23. The molecule has 0 radical (unpaired) electrons. The normalized spacial score (nSPS) is 11.3. The Bertz CT molecular complexity index is 373. The highest BCUT2D eigenvalue weighted by atomic mass is 19.4. The van der Waals surface area contributed by atoms with E-state index < -0.39 is 18.7 Å². The Morgan fingerprint density at radius 2 is 1.88 bits per heavy atom. The predicted octanol–water partition coefficient (Wildman–Crippen LogP) is 2.13. The fraction of sp³-hybridized carbons (Fsp3) is 0.364. The Morgan fingerprint density at radius 3 is 2.35 bits per heavy atom. The topological polar surface area (TPSA) is 38.3 Å². The van der Waals surface area contributed by atoms with Crippen molar-refractivity contribution in [2.45, 2.75) is 12.7 Å². The van der Waals surface area contributed by atoms with Crippen LogP contribution in [0, 0.1) is 0 Å². The zero-order valence-electron chi connectivity index (χ0n) is 9.17. The number of ether oxygens (including phenoxy) is 1. The number of hydrogen-bond acceptors (Lipinski definition) is 3. The van der Waals surface area contributed by atoms with Crippen molar-refractivity contribution in [3.63, 3.8) is 0 Å².